The number of nitrogens with one attached hydrogen (secondary N) is 1. The average molecular weight is 300 g/mol. The maximum atomic E-state index is 12.9. The SMILES string of the molecule is Cc1ccccc1CN(C(=O)CC1CCNC1)C1CCCC1. The highest BCUT2D eigenvalue weighted by molar-refractivity contribution is 5.77. The Kier molecular flexibility index (Phi) is 5.14. The molecule has 1 N–H and O–H groups in total. The van der Waals surface area contributed by atoms with Crippen LogP contribution in [-0.2, 0) is 11.3 Å². The fourth-order valence-corrected chi connectivity index (χ4v) is 3.86. The van der Waals surface area contributed by atoms with Crippen LogP contribution in [0.4, 0.5) is 0 Å². The molecule has 3 heteroatoms. The Bertz CT molecular complexity index is 502. The summed E-state index contributed by atoms with van der Waals surface area (Å²) in [5.74, 6) is 0.900. The van der Waals surface area contributed by atoms with Gasteiger partial charge in [0.1, 0.15) is 0 Å². The minimum Gasteiger partial charge on any atom is -0.335 e. The summed E-state index contributed by atoms with van der Waals surface area (Å²) in [7, 11) is 0. The van der Waals surface area contributed by atoms with Crippen molar-refractivity contribution in [3.05, 3.63) is 35.4 Å². The number of hydrogen-bond acceptors (Lipinski definition) is 2. The van der Waals surface area contributed by atoms with Crippen molar-refractivity contribution in [3.63, 3.8) is 0 Å². The molecule has 1 aliphatic carbocycles. The van der Waals surface area contributed by atoms with Crippen LogP contribution >= 0.6 is 0 Å². The summed E-state index contributed by atoms with van der Waals surface area (Å²) in [6.45, 7) is 5.01. The molecular formula is C19H28N2O. The van der Waals surface area contributed by atoms with Crippen LogP contribution in [0.5, 0.6) is 0 Å². The van der Waals surface area contributed by atoms with Crippen LogP contribution in [0.3, 0.4) is 0 Å². The van der Waals surface area contributed by atoms with Gasteiger partial charge in [-0.25, -0.2) is 0 Å². The van der Waals surface area contributed by atoms with Crippen molar-refractivity contribution in [3.8, 4) is 0 Å². The van der Waals surface area contributed by atoms with Crippen molar-refractivity contribution in [2.45, 2.75) is 58.0 Å². The zero-order valence-corrected chi connectivity index (χ0v) is 13.7. The number of benzene rings is 1. The van der Waals surface area contributed by atoms with Crippen molar-refractivity contribution in [1.29, 1.82) is 0 Å². The molecule has 3 rings (SSSR count). The number of aryl methyl sites for hydroxylation is 1. The second-order valence-electron chi connectivity index (χ2n) is 6.95. The second kappa shape index (κ2) is 7.28. The summed E-state index contributed by atoms with van der Waals surface area (Å²) in [4.78, 5) is 15.1. The van der Waals surface area contributed by atoms with Gasteiger partial charge in [-0.1, -0.05) is 37.1 Å². The molecule has 22 heavy (non-hydrogen) atoms. The predicted octanol–water partition coefficient (Wildman–Crippen LogP) is 3.27. The van der Waals surface area contributed by atoms with Gasteiger partial charge in [0.05, 0.1) is 0 Å². The lowest BCUT2D eigenvalue weighted by Gasteiger charge is -2.30. The predicted molar refractivity (Wildman–Crippen MR) is 89.6 cm³/mol. The van der Waals surface area contributed by atoms with Crippen LogP contribution in [0.1, 0.15) is 49.7 Å². The monoisotopic (exact) mass is 300 g/mol. The van der Waals surface area contributed by atoms with Gasteiger partial charge < -0.3 is 10.2 Å². The molecule has 2 fully saturated rings. The van der Waals surface area contributed by atoms with Gasteiger partial charge in [-0.15, -0.1) is 0 Å². The summed E-state index contributed by atoms with van der Waals surface area (Å²) in [6, 6.07) is 8.93. The molecule has 1 amide bonds. The van der Waals surface area contributed by atoms with Gasteiger partial charge in [0.15, 0.2) is 0 Å². The van der Waals surface area contributed by atoms with Crippen LogP contribution < -0.4 is 5.32 Å². The molecule has 0 bridgehead atoms. The molecule has 2 aliphatic rings. The topological polar surface area (TPSA) is 32.3 Å². The molecule has 1 aliphatic heterocycles. The first-order chi connectivity index (χ1) is 10.7. The highest BCUT2D eigenvalue weighted by Crippen LogP contribution is 2.27. The third kappa shape index (κ3) is 3.70. The van der Waals surface area contributed by atoms with Crippen LogP contribution in [0.25, 0.3) is 0 Å². The van der Waals surface area contributed by atoms with E-state index in [2.05, 4.69) is 41.4 Å². The molecule has 0 spiro atoms. The number of carbonyl (C=O) groups excluding carboxylic acids is 1. The van der Waals surface area contributed by atoms with Crippen molar-refractivity contribution >= 4 is 5.91 Å². The lowest BCUT2D eigenvalue weighted by atomic mass is 10.0. The number of amides is 1. The largest absolute Gasteiger partial charge is 0.335 e. The Morgan fingerprint density at radius 3 is 2.68 bits per heavy atom. The van der Waals surface area contributed by atoms with Gasteiger partial charge in [0.2, 0.25) is 5.91 Å². The van der Waals surface area contributed by atoms with E-state index in [0.717, 1.165) is 32.5 Å². The number of carbonyl (C=O) groups is 1. The fraction of sp³-hybridized carbons (Fsp3) is 0.632. The molecule has 0 aromatic heterocycles. The van der Waals surface area contributed by atoms with Gasteiger partial charge in [0, 0.05) is 19.0 Å². The molecule has 1 aromatic carbocycles. The Morgan fingerprint density at radius 2 is 2.00 bits per heavy atom. The molecule has 1 heterocycles. The van der Waals surface area contributed by atoms with Gasteiger partial charge in [-0.05, 0) is 56.3 Å². The molecule has 1 unspecified atom stereocenters. The third-order valence-electron chi connectivity index (χ3n) is 5.31. The van der Waals surface area contributed by atoms with E-state index < -0.39 is 0 Å². The summed E-state index contributed by atoms with van der Waals surface area (Å²) in [5, 5.41) is 3.37. The first-order valence-electron chi connectivity index (χ1n) is 8.78. The molecule has 1 saturated heterocycles. The average Bonchev–Trinajstić information content (AvgIpc) is 3.19. The quantitative estimate of drug-likeness (QED) is 0.905. The minimum atomic E-state index is 0.365. The Morgan fingerprint density at radius 1 is 1.23 bits per heavy atom. The summed E-state index contributed by atoms with van der Waals surface area (Å²) < 4.78 is 0. The molecule has 3 nitrogen and oxygen atoms in total. The van der Waals surface area contributed by atoms with Crippen molar-refractivity contribution in [2.75, 3.05) is 13.1 Å². The highest BCUT2D eigenvalue weighted by Gasteiger charge is 2.29. The standard InChI is InChI=1S/C19H28N2O/c1-15-6-2-3-7-17(15)14-21(18-8-4-5-9-18)19(22)12-16-10-11-20-13-16/h2-3,6-7,16,18,20H,4-5,8-14H2,1H3. The highest BCUT2D eigenvalue weighted by atomic mass is 16.2. The maximum Gasteiger partial charge on any atom is 0.223 e. The zero-order chi connectivity index (χ0) is 15.4. The van der Waals surface area contributed by atoms with E-state index >= 15 is 0 Å². The maximum absolute atomic E-state index is 12.9. The third-order valence-corrected chi connectivity index (χ3v) is 5.31. The van der Waals surface area contributed by atoms with E-state index in [0.29, 0.717) is 17.9 Å². The van der Waals surface area contributed by atoms with Crippen molar-refractivity contribution < 1.29 is 4.79 Å². The van der Waals surface area contributed by atoms with Crippen LogP contribution in [0.15, 0.2) is 24.3 Å². The summed E-state index contributed by atoms with van der Waals surface area (Å²) >= 11 is 0. The fourth-order valence-electron chi connectivity index (χ4n) is 3.86. The molecule has 0 radical (unpaired) electrons. The molecule has 1 aromatic rings. The minimum absolute atomic E-state index is 0.365. The van der Waals surface area contributed by atoms with E-state index in [-0.39, 0.29) is 0 Å². The first-order valence-corrected chi connectivity index (χ1v) is 8.78. The molecule has 1 atom stereocenters. The molecular weight excluding hydrogens is 272 g/mol. The van der Waals surface area contributed by atoms with E-state index in [1.807, 2.05) is 0 Å². The van der Waals surface area contributed by atoms with Gasteiger partial charge in [0.25, 0.3) is 0 Å². The smallest absolute Gasteiger partial charge is 0.223 e. The van der Waals surface area contributed by atoms with Crippen LogP contribution in [-0.4, -0.2) is 29.9 Å². The molecule has 120 valence electrons. The van der Waals surface area contributed by atoms with Gasteiger partial charge in [-0.3, -0.25) is 4.79 Å². The van der Waals surface area contributed by atoms with Crippen molar-refractivity contribution in [1.82, 2.24) is 10.2 Å². The lowest BCUT2D eigenvalue weighted by molar-refractivity contribution is -0.135. The van der Waals surface area contributed by atoms with Crippen LogP contribution in [0, 0.1) is 12.8 Å². The number of nitrogens with zero attached hydrogens (tertiary/aromatic N) is 1. The normalized spacial score (nSPS) is 22.1. The zero-order valence-electron chi connectivity index (χ0n) is 13.7. The van der Waals surface area contributed by atoms with Crippen LogP contribution in [0.2, 0.25) is 0 Å². The van der Waals surface area contributed by atoms with Crippen molar-refractivity contribution in [2.24, 2.45) is 5.92 Å². The number of hydrogen-bond donors (Lipinski definition) is 1. The van der Waals surface area contributed by atoms with Gasteiger partial charge in [-0.2, -0.15) is 0 Å². The van der Waals surface area contributed by atoms with E-state index in [1.165, 1.54) is 36.8 Å². The molecule has 1 saturated carbocycles. The Labute approximate surface area is 134 Å². The summed E-state index contributed by atoms with van der Waals surface area (Å²) in [6.07, 6.45) is 6.77. The summed E-state index contributed by atoms with van der Waals surface area (Å²) in [5.41, 5.74) is 2.59. The first kappa shape index (κ1) is 15.5. The van der Waals surface area contributed by atoms with E-state index in [9.17, 15) is 4.79 Å². The van der Waals surface area contributed by atoms with Gasteiger partial charge >= 0.3 is 0 Å². The van der Waals surface area contributed by atoms with E-state index in [4.69, 9.17) is 0 Å². The lowest BCUT2D eigenvalue weighted by Crippen LogP contribution is -2.39. The Balaban J connectivity index is 1.71. The second-order valence-corrected chi connectivity index (χ2v) is 6.95. The number of rotatable bonds is 5. The van der Waals surface area contributed by atoms with E-state index in [1.54, 1.807) is 0 Å². The Hall–Kier alpha value is -1.35.